The Morgan fingerprint density at radius 1 is 1.50 bits per heavy atom. The van der Waals surface area contributed by atoms with Crippen LogP contribution in [-0.4, -0.2) is 10.7 Å². The Bertz CT molecular complexity index is 261. The van der Waals surface area contributed by atoms with E-state index in [1.54, 1.807) is 11.8 Å². The van der Waals surface area contributed by atoms with Gasteiger partial charge < -0.3 is 5.73 Å². The second-order valence-corrected chi connectivity index (χ2v) is 3.79. The van der Waals surface area contributed by atoms with Crippen LogP contribution in [0.2, 0.25) is 0 Å². The van der Waals surface area contributed by atoms with Crippen LogP contribution in [0.25, 0.3) is 0 Å². The van der Waals surface area contributed by atoms with Crippen LogP contribution in [0.3, 0.4) is 0 Å². The minimum absolute atomic E-state index is 0.774. The minimum atomic E-state index is 0.774. The lowest BCUT2D eigenvalue weighted by Crippen LogP contribution is -1.93. The highest BCUT2D eigenvalue weighted by atomic mass is 32.2. The van der Waals surface area contributed by atoms with Crippen LogP contribution in [0.5, 0.6) is 0 Å². The molecule has 0 aromatic carbocycles. The average molecular weight is 182 g/mol. The highest BCUT2D eigenvalue weighted by molar-refractivity contribution is 7.99. The van der Waals surface area contributed by atoms with Crippen molar-refractivity contribution in [3.63, 3.8) is 0 Å². The van der Waals surface area contributed by atoms with Crippen LogP contribution in [0, 0.1) is 6.92 Å². The van der Waals surface area contributed by atoms with Crippen LogP contribution < -0.4 is 5.73 Å². The fraction of sp³-hybridized carbons (Fsp3) is 0.444. The first-order chi connectivity index (χ1) is 5.74. The molecule has 0 amide bonds. The van der Waals surface area contributed by atoms with Gasteiger partial charge in [0, 0.05) is 0 Å². The number of rotatable bonds is 3. The first kappa shape index (κ1) is 9.39. The zero-order chi connectivity index (χ0) is 8.97. The average Bonchev–Trinajstić information content (AvgIpc) is 2.07. The smallest absolute Gasteiger partial charge is 0.0964 e. The second-order valence-electron chi connectivity index (χ2n) is 2.67. The Kier molecular flexibility index (Phi) is 3.41. The molecule has 0 aliphatic rings. The Labute approximate surface area is 77.6 Å². The maximum Gasteiger partial charge on any atom is 0.0964 e. The quantitative estimate of drug-likeness (QED) is 0.730. The van der Waals surface area contributed by atoms with Crippen LogP contribution in [0.15, 0.2) is 17.2 Å². The first-order valence-electron chi connectivity index (χ1n) is 4.10. The van der Waals surface area contributed by atoms with Crippen molar-refractivity contribution in [3.8, 4) is 0 Å². The fourth-order valence-corrected chi connectivity index (χ4v) is 1.61. The summed E-state index contributed by atoms with van der Waals surface area (Å²) in [6.45, 7) is 4.10. The summed E-state index contributed by atoms with van der Waals surface area (Å²) < 4.78 is 0. The summed E-state index contributed by atoms with van der Waals surface area (Å²) in [6.07, 6.45) is 1.18. The molecule has 0 saturated carbocycles. The zero-order valence-corrected chi connectivity index (χ0v) is 8.32. The largest absolute Gasteiger partial charge is 0.397 e. The van der Waals surface area contributed by atoms with E-state index in [1.807, 2.05) is 19.1 Å². The minimum Gasteiger partial charge on any atom is -0.397 e. The SMILES string of the molecule is CCCSc1ccc(N)c(C)n1. The highest BCUT2D eigenvalue weighted by Crippen LogP contribution is 2.18. The third-order valence-corrected chi connectivity index (χ3v) is 2.69. The van der Waals surface area contributed by atoms with Crippen molar-refractivity contribution < 1.29 is 0 Å². The van der Waals surface area contributed by atoms with E-state index < -0.39 is 0 Å². The molecule has 0 saturated heterocycles. The molecule has 0 atom stereocenters. The predicted octanol–water partition coefficient (Wildman–Crippen LogP) is 2.47. The van der Waals surface area contributed by atoms with Gasteiger partial charge in [0.2, 0.25) is 0 Å². The van der Waals surface area contributed by atoms with Gasteiger partial charge in [0.1, 0.15) is 0 Å². The topological polar surface area (TPSA) is 38.9 Å². The van der Waals surface area contributed by atoms with E-state index in [-0.39, 0.29) is 0 Å². The summed E-state index contributed by atoms with van der Waals surface area (Å²) >= 11 is 1.78. The van der Waals surface area contributed by atoms with Gasteiger partial charge in [0.05, 0.1) is 16.4 Å². The highest BCUT2D eigenvalue weighted by Gasteiger charge is 1.97. The fourth-order valence-electron chi connectivity index (χ4n) is 0.836. The van der Waals surface area contributed by atoms with E-state index in [1.165, 1.54) is 6.42 Å². The molecule has 2 nitrogen and oxygen atoms in total. The monoisotopic (exact) mass is 182 g/mol. The van der Waals surface area contributed by atoms with Crippen molar-refractivity contribution in [2.45, 2.75) is 25.3 Å². The molecule has 66 valence electrons. The van der Waals surface area contributed by atoms with Crippen molar-refractivity contribution in [3.05, 3.63) is 17.8 Å². The molecule has 0 aliphatic heterocycles. The normalized spacial score (nSPS) is 10.2. The molecule has 0 radical (unpaired) electrons. The number of nitrogens with two attached hydrogens (primary N) is 1. The van der Waals surface area contributed by atoms with Crippen molar-refractivity contribution in [2.24, 2.45) is 0 Å². The standard InChI is InChI=1S/C9H14N2S/c1-3-6-12-9-5-4-8(10)7(2)11-9/h4-5H,3,6,10H2,1-2H3. The molecule has 1 aromatic heterocycles. The van der Waals surface area contributed by atoms with E-state index in [0.29, 0.717) is 0 Å². The number of nitrogens with zero attached hydrogens (tertiary/aromatic N) is 1. The summed E-state index contributed by atoms with van der Waals surface area (Å²) in [4.78, 5) is 4.35. The maximum atomic E-state index is 5.65. The Hall–Kier alpha value is -0.700. The van der Waals surface area contributed by atoms with Crippen LogP contribution in [0.4, 0.5) is 5.69 Å². The molecule has 0 fully saturated rings. The first-order valence-corrected chi connectivity index (χ1v) is 5.08. The van der Waals surface area contributed by atoms with Gasteiger partial charge in [-0.15, -0.1) is 11.8 Å². The van der Waals surface area contributed by atoms with Crippen LogP contribution in [0.1, 0.15) is 19.0 Å². The summed E-state index contributed by atoms with van der Waals surface area (Å²) in [5, 5.41) is 1.07. The van der Waals surface area contributed by atoms with Gasteiger partial charge in [-0.1, -0.05) is 6.92 Å². The van der Waals surface area contributed by atoms with Crippen LogP contribution >= 0.6 is 11.8 Å². The number of aromatic nitrogens is 1. The van der Waals surface area contributed by atoms with E-state index in [9.17, 15) is 0 Å². The number of aryl methyl sites for hydroxylation is 1. The molecule has 0 aliphatic carbocycles. The lowest BCUT2D eigenvalue weighted by atomic mass is 10.3. The van der Waals surface area contributed by atoms with E-state index in [4.69, 9.17) is 5.73 Å². The molecular weight excluding hydrogens is 168 g/mol. The second kappa shape index (κ2) is 4.36. The third kappa shape index (κ3) is 2.41. The molecule has 0 unspecified atom stereocenters. The zero-order valence-electron chi connectivity index (χ0n) is 7.50. The number of anilines is 1. The Morgan fingerprint density at radius 2 is 2.25 bits per heavy atom. The van der Waals surface area contributed by atoms with Crippen LogP contribution in [-0.2, 0) is 0 Å². The molecule has 0 spiro atoms. The Morgan fingerprint density at radius 3 is 2.83 bits per heavy atom. The van der Waals surface area contributed by atoms with E-state index >= 15 is 0 Å². The molecular formula is C9H14N2S. The molecule has 0 bridgehead atoms. The maximum absolute atomic E-state index is 5.65. The van der Waals surface area contributed by atoms with E-state index in [0.717, 1.165) is 22.2 Å². The molecule has 3 heteroatoms. The molecule has 12 heavy (non-hydrogen) atoms. The summed E-state index contributed by atoms with van der Waals surface area (Å²) in [6, 6.07) is 3.89. The molecule has 1 rings (SSSR count). The number of thioether (sulfide) groups is 1. The lowest BCUT2D eigenvalue weighted by Gasteiger charge is -2.02. The van der Waals surface area contributed by atoms with Crippen molar-refractivity contribution in [1.29, 1.82) is 0 Å². The van der Waals surface area contributed by atoms with E-state index in [2.05, 4.69) is 11.9 Å². The lowest BCUT2D eigenvalue weighted by molar-refractivity contribution is 1.05. The predicted molar refractivity (Wildman–Crippen MR) is 54.4 cm³/mol. The van der Waals surface area contributed by atoms with Gasteiger partial charge in [-0.05, 0) is 31.2 Å². The summed E-state index contributed by atoms with van der Waals surface area (Å²) in [5.41, 5.74) is 7.35. The van der Waals surface area contributed by atoms with Gasteiger partial charge in [-0.25, -0.2) is 4.98 Å². The molecule has 1 heterocycles. The van der Waals surface area contributed by atoms with Gasteiger partial charge in [-0.2, -0.15) is 0 Å². The summed E-state index contributed by atoms with van der Waals surface area (Å²) in [5.74, 6) is 1.12. The number of hydrogen-bond acceptors (Lipinski definition) is 3. The number of pyridine rings is 1. The van der Waals surface area contributed by atoms with Crippen molar-refractivity contribution in [1.82, 2.24) is 4.98 Å². The van der Waals surface area contributed by atoms with Gasteiger partial charge >= 0.3 is 0 Å². The third-order valence-electron chi connectivity index (χ3n) is 1.56. The molecule has 2 N–H and O–H groups in total. The number of nitrogen functional groups attached to an aromatic ring is 1. The van der Waals surface area contributed by atoms with Crippen molar-refractivity contribution in [2.75, 3.05) is 11.5 Å². The van der Waals surface area contributed by atoms with Crippen molar-refractivity contribution >= 4 is 17.4 Å². The number of hydrogen-bond donors (Lipinski definition) is 1. The molecule has 1 aromatic rings. The summed E-state index contributed by atoms with van der Waals surface area (Å²) in [7, 11) is 0. The Balaban J connectivity index is 2.69. The van der Waals surface area contributed by atoms with Gasteiger partial charge in [0.25, 0.3) is 0 Å². The van der Waals surface area contributed by atoms with Gasteiger partial charge in [-0.3, -0.25) is 0 Å². The van der Waals surface area contributed by atoms with Gasteiger partial charge in [0.15, 0.2) is 0 Å².